The zero-order chi connectivity index (χ0) is 22.0. The Hall–Kier alpha value is -2.75. The van der Waals surface area contributed by atoms with E-state index in [2.05, 4.69) is 38.0 Å². The Morgan fingerprint density at radius 3 is 2.38 bits per heavy atom. The number of amides is 2. The van der Waals surface area contributed by atoms with Crippen LogP contribution < -0.4 is 21.6 Å². The quantitative estimate of drug-likeness (QED) is 0.657. The van der Waals surface area contributed by atoms with E-state index in [1.807, 2.05) is 12.1 Å². The fourth-order valence-electron chi connectivity index (χ4n) is 5.03. The minimum Gasteiger partial charge on any atom is -0.322 e. The zero-order valence-electron chi connectivity index (χ0n) is 18.3. The molecular formula is C23H31N7O2. The van der Waals surface area contributed by atoms with E-state index >= 15 is 0 Å². The lowest BCUT2D eigenvalue weighted by Gasteiger charge is -2.52. The highest BCUT2D eigenvalue weighted by Crippen LogP contribution is 2.39. The Bertz CT molecular complexity index is 1000. The third kappa shape index (κ3) is 4.55. The molecule has 0 radical (unpaired) electrons. The summed E-state index contributed by atoms with van der Waals surface area (Å²) in [5.74, 6) is 0.274. The number of aromatic nitrogens is 2. The molecule has 1 aromatic carbocycles. The number of rotatable bonds is 4. The molecule has 4 heterocycles. The van der Waals surface area contributed by atoms with Crippen LogP contribution in [0.5, 0.6) is 0 Å². The molecule has 2 aromatic rings. The molecule has 0 atom stereocenters. The lowest BCUT2D eigenvalue weighted by atomic mass is 9.72. The molecule has 3 N–H and O–H groups in total. The standard InChI is InChI=1S/C23H31N7O2/c31-21(29-13-10-25-11-14-29)26-20-5-12-30(22(32)27-20)19-3-1-18(2-4-19)15-28-16-23(17-28)6-8-24-9-7-23/h1-5,12,24-25H,6-11,13-17H2,(H,26,27,31,32). The van der Waals surface area contributed by atoms with Gasteiger partial charge in [0.05, 0.1) is 5.69 Å². The van der Waals surface area contributed by atoms with Crippen LogP contribution in [0.25, 0.3) is 5.69 Å². The molecule has 3 aliphatic rings. The second-order valence-corrected chi connectivity index (χ2v) is 9.19. The van der Waals surface area contributed by atoms with Crippen LogP contribution in [0.15, 0.2) is 41.3 Å². The Balaban J connectivity index is 1.18. The number of piperidine rings is 1. The van der Waals surface area contributed by atoms with Gasteiger partial charge in [-0.3, -0.25) is 14.8 Å². The first-order valence-electron chi connectivity index (χ1n) is 11.5. The van der Waals surface area contributed by atoms with Crippen LogP contribution in [0.3, 0.4) is 0 Å². The van der Waals surface area contributed by atoms with Crippen molar-refractivity contribution < 1.29 is 4.79 Å². The van der Waals surface area contributed by atoms with E-state index in [1.54, 1.807) is 17.2 Å². The third-order valence-electron chi connectivity index (χ3n) is 6.85. The Kier molecular flexibility index (Phi) is 5.95. The number of piperazine rings is 1. The SMILES string of the molecule is O=C(Nc1ccn(-c2ccc(CN3CC4(CCNCC4)C3)cc2)c(=O)n1)N1CCNCC1. The molecule has 2 amide bonds. The predicted octanol–water partition coefficient (Wildman–Crippen LogP) is 0.855. The monoisotopic (exact) mass is 437 g/mol. The van der Waals surface area contributed by atoms with E-state index in [0.29, 0.717) is 18.5 Å². The number of urea groups is 1. The van der Waals surface area contributed by atoms with Gasteiger partial charge in [-0.15, -0.1) is 0 Å². The second kappa shape index (κ2) is 9.01. The average molecular weight is 438 g/mol. The lowest BCUT2D eigenvalue weighted by Crippen LogP contribution is -2.59. The summed E-state index contributed by atoms with van der Waals surface area (Å²) in [4.78, 5) is 33.1. The number of likely N-dealkylation sites (tertiary alicyclic amines) is 1. The minimum atomic E-state index is -0.411. The fourth-order valence-corrected chi connectivity index (χ4v) is 5.03. The van der Waals surface area contributed by atoms with Crippen LogP contribution in [0.1, 0.15) is 18.4 Å². The van der Waals surface area contributed by atoms with Crippen molar-refractivity contribution in [1.29, 1.82) is 0 Å². The van der Waals surface area contributed by atoms with E-state index in [-0.39, 0.29) is 11.8 Å². The van der Waals surface area contributed by atoms with Crippen molar-refractivity contribution in [2.24, 2.45) is 5.41 Å². The summed E-state index contributed by atoms with van der Waals surface area (Å²) < 4.78 is 1.50. The number of nitrogens with zero attached hydrogens (tertiary/aromatic N) is 4. The van der Waals surface area contributed by atoms with Gasteiger partial charge in [0.1, 0.15) is 5.82 Å². The van der Waals surface area contributed by atoms with E-state index in [9.17, 15) is 9.59 Å². The van der Waals surface area contributed by atoms with Gasteiger partial charge in [0.2, 0.25) is 0 Å². The summed E-state index contributed by atoms with van der Waals surface area (Å²) in [6.45, 7) is 8.42. The Labute approximate surface area is 187 Å². The molecule has 1 aromatic heterocycles. The highest BCUT2D eigenvalue weighted by atomic mass is 16.2. The largest absolute Gasteiger partial charge is 0.354 e. The number of hydrogen-bond donors (Lipinski definition) is 3. The van der Waals surface area contributed by atoms with E-state index in [0.717, 1.165) is 38.4 Å². The summed E-state index contributed by atoms with van der Waals surface area (Å²) >= 11 is 0. The molecule has 1 spiro atoms. The molecule has 9 heteroatoms. The van der Waals surface area contributed by atoms with E-state index < -0.39 is 5.69 Å². The first kappa shape index (κ1) is 21.1. The first-order valence-corrected chi connectivity index (χ1v) is 11.5. The van der Waals surface area contributed by atoms with Crippen LogP contribution in [-0.2, 0) is 6.54 Å². The summed E-state index contributed by atoms with van der Waals surface area (Å²) in [5.41, 5.74) is 2.14. The molecule has 9 nitrogen and oxygen atoms in total. The number of anilines is 1. The molecule has 0 saturated carbocycles. The van der Waals surface area contributed by atoms with Gasteiger partial charge >= 0.3 is 11.7 Å². The number of carbonyl (C=O) groups is 1. The highest BCUT2D eigenvalue weighted by molar-refractivity contribution is 5.88. The molecule has 5 rings (SSSR count). The Morgan fingerprint density at radius 2 is 1.69 bits per heavy atom. The van der Waals surface area contributed by atoms with Gasteiger partial charge in [0.15, 0.2) is 0 Å². The van der Waals surface area contributed by atoms with Crippen LogP contribution >= 0.6 is 0 Å². The molecule has 3 fully saturated rings. The molecule has 0 unspecified atom stereocenters. The first-order chi connectivity index (χ1) is 15.6. The average Bonchev–Trinajstić information content (AvgIpc) is 2.80. The summed E-state index contributed by atoms with van der Waals surface area (Å²) in [6.07, 6.45) is 4.22. The molecule has 170 valence electrons. The van der Waals surface area contributed by atoms with Crippen molar-refractivity contribution in [3.05, 3.63) is 52.6 Å². The number of hydrogen-bond acceptors (Lipinski definition) is 6. The maximum absolute atomic E-state index is 12.6. The number of benzene rings is 1. The van der Waals surface area contributed by atoms with Gasteiger partial charge in [-0.1, -0.05) is 12.1 Å². The van der Waals surface area contributed by atoms with Crippen LogP contribution in [-0.4, -0.2) is 77.7 Å². The van der Waals surface area contributed by atoms with Gasteiger partial charge in [0.25, 0.3) is 0 Å². The summed E-state index contributed by atoms with van der Waals surface area (Å²) in [7, 11) is 0. The second-order valence-electron chi connectivity index (χ2n) is 9.19. The smallest absolute Gasteiger partial charge is 0.322 e. The fraction of sp³-hybridized carbons (Fsp3) is 0.522. The van der Waals surface area contributed by atoms with Gasteiger partial charge in [-0.05, 0) is 55.1 Å². The van der Waals surface area contributed by atoms with Gasteiger partial charge in [-0.2, -0.15) is 4.98 Å². The summed E-state index contributed by atoms with van der Waals surface area (Å²) in [5, 5.41) is 9.38. The van der Waals surface area contributed by atoms with Crippen molar-refractivity contribution in [2.45, 2.75) is 19.4 Å². The topological polar surface area (TPSA) is 94.5 Å². The molecule has 3 saturated heterocycles. The maximum Gasteiger partial charge on any atom is 0.354 e. The van der Waals surface area contributed by atoms with Crippen molar-refractivity contribution in [1.82, 2.24) is 30.0 Å². The zero-order valence-corrected chi connectivity index (χ0v) is 18.3. The van der Waals surface area contributed by atoms with Crippen LogP contribution in [0.4, 0.5) is 10.6 Å². The van der Waals surface area contributed by atoms with E-state index in [4.69, 9.17) is 0 Å². The Morgan fingerprint density at radius 1 is 1.00 bits per heavy atom. The van der Waals surface area contributed by atoms with Gasteiger partial charge in [-0.25, -0.2) is 9.59 Å². The lowest BCUT2D eigenvalue weighted by molar-refractivity contribution is -0.0282. The molecular weight excluding hydrogens is 406 g/mol. The maximum atomic E-state index is 12.6. The number of nitrogens with one attached hydrogen (secondary N) is 3. The third-order valence-corrected chi connectivity index (χ3v) is 6.85. The van der Waals surface area contributed by atoms with Crippen LogP contribution in [0.2, 0.25) is 0 Å². The normalized spacial score (nSPS) is 20.7. The van der Waals surface area contributed by atoms with Gasteiger partial charge < -0.3 is 15.5 Å². The summed E-state index contributed by atoms with van der Waals surface area (Å²) in [6, 6.07) is 9.51. The van der Waals surface area contributed by atoms with E-state index in [1.165, 1.54) is 36.1 Å². The molecule has 3 aliphatic heterocycles. The van der Waals surface area contributed by atoms with Crippen molar-refractivity contribution in [3.8, 4) is 5.69 Å². The molecule has 0 bridgehead atoms. The van der Waals surface area contributed by atoms with Crippen molar-refractivity contribution in [2.75, 3.05) is 57.7 Å². The highest BCUT2D eigenvalue weighted by Gasteiger charge is 2.42. The minimum absolute atomic E-state index is 0.224. The van der Waals surface area contributed by atoms with Crippen molar-refractivity contribution in [3.63, 3.8) is 0 Å². The predicted molar refractivity (Wildman–Crippen MR) is 123 cm³/mol. The molecule has 32 heavy (non-hydrogen) atoms. The molecule has 0 aliphatic carbocycles. The number of carbonyl (C=O) groups excluding carboxylic acids is 1. The van der Waals surface area contributed by atoms with Crippen molar-refractivity contribution >= 4 is 11.8 Å². The van der Waals surface area contributed by atoms with Gasteiger partial charge in [0, 0.05) is 52.0 Å². The van der Waals surface area contributed by atoms with Crippen LogP contribution in [0, 0.1) is 5.41 Å².